The molecule has 2 atom stereocenters. The first-order valence-electron chi connectivity index (χ1n) is 11.4. The molecule has 7 nitrogen and oxygen atoms in total. The summed E-state index contributed by atoms with van der Waals surface area (Å²) < 4.78 is 26.1. The Morgan fingerprint density at radius 1 is 0.897 bits per heavy atom. The minimum absolute atomic E-state index is 0.0685. The second-order valence-corrected chi connectivity index (χ2v) is 9.13. The first-order valence-corrected chi connectivity index (χ1v) is 12.9. The predicted octanol–water partition coefficient (Wildman–Crippen LogP) is 5.49. The number of carbonyl (C=O) groups is 1. The molecule has 0 saturated heterocycles. The number of rotatable bonds is 21. The number of carbonyl (C=O) groups excluding carboxylic acids is 1. The van der Waals surface area contributed by atoms with E-state index in [1.807, 2.05) is 0 Å². The smallest absolute Gasteiger partial charge is 0.460 e. The number of unbranched alkanes of at least 4 members (excludes halogenated alkanes) is 12. The van der Waals surface area contributed by atoms with E-state index >= 15 is 0 Å². The Balaban J connectivity index is 3.48. The fourth-order valence-corrected chi connectivity index (χ4v) is 3.82. The van der Waals surface area contributed by atoms with Gasteiger partial charge in [-0.1, -0.05) is 84.0 Å². The average molecular weight is 438 g/mol. The SMILES string of the molecule is CCCCCCCCCCCCCCCC(=O)O[C@H](C)COP(=O)(O)OCCN. The highest BCUT2D eigenvalue weighted by atomic mass is 31.2. The summed E-state index contributed by atoms with van der Waals surface area (Å²) in [6.07, 6.45) is 16.1. The molecule has 29 heavy (non-hydrogen) atoms. The van der Waals surface area contributed by atoms with Gasteiger partial charge >= 0.3 is 13.8 Å². The van der Waals surface area contributed by atoms with Crippen molar-refractivity contribution in [2.24, 2.45) is 5.73 Å². The molecular formula is C21H44NO6P. The van der Waals surface area contributed by atoms with E-state index in [1.165, 1.54) is 64.2 Å². The van der Waals surface area contributed by atoms with E-state index in [0.717, 1.165) is 19.3 Å². The zero-order valence-corrected chi connectivity index (χ0v) is 19.5. The van der Waals surface area contributed by atoms with Crippen LogP contribution in [-0.2, 0) is 23.1 Å². The third-order valence-electron chi connectivity index (χ3n) is 4.66. The molecule has 0 bridgehead atoms. The Kier molecular flexibility index (Phi) is 19.2. The van der Waals surface area contributed by atoms with Gasteiger partial charge < -0.3 is 15.4 Å². The molecule has 0 aromatic rings. The van der Waals surface area contributed by atoms with Gasteiger partial charge in [0, 0.05) is 13.0 Å². The molecule has 0 aliphatic rings. The summed E-state index contributed by atoms with van der Waals surface area (Å²) in [5.74, 6) is -0.306. The summed E-state index contributed by atoms with van der Waals surface area (Å²) >= 11 is 0. The van der Waals surface area contributed by atoms with Gasteiger partial charge in [0.2, 0.25) is 0 Å². The summed E-state index contributed by atoms with van der Waals surface area (Å²) in [6, 6.07) is 0. The summed E-state index contributed by atoms with van der Waals surface area (Å²) in [5, 5.41) is 0. The quantitative estimate of drug-likeness (QED) is 0.139. The predicted molar refractivity (Wildman–Crippen MR) is 117 cm³/mol. The van der Waals surface area contributed by atoms with Gasteiger partial charge in [-0.2, -0.15) is 0 Å². The monoisotopic (exact) mass is 437 g/mol. The van der Waals surface area contributed by atoms with Crippen molar-refractivity contribution in [3.8, 4) is 0 Å². The van der Waals surface area contributed by atoms with Gasteiger partial charge in [-0.3, -0.25) is 13.8 Å². The van der Waals surface area contributed by atoms with Crippen LogP contribution in [0.3, 0.4) is 0 Å². The minimum Gasteiger partial charge on any atom is -0.460 e. The van der Waals surface area contributed by atoms with Crippen molar-refractivity contribution in [2.45, 2.75) is 110 Å². The molecule has 1 unspecified atom stereocenters. The second kappa shape index (κ2) is 19.5. The zero-order chi connectivity index (χ0) is 21.8. The molecule has 8 heteroatoms. The summed E-state index contributed by atoms with van der Waals surface area (Å²) in [5.41, 5.74) is 5.20. The Labute approximate surface area is 177 Å². The van der Waals surface area contributed by atoms with Crippen LogP contribution < -0.4 is 5.73 Å². The van der Waals surface area contributed by atoms with Crippen LogP contribution in [0.1, 0.15) is 104 Å². The molecule has 0 fully saturated rings. The highest BCUT2D eigenvalue weighted by Crippen LogP contribution is 2.42. The van der Waals surface area contributed by atoms with Crippen LogP contribution in [0.25, 0.3) is 0 Å². The van der Waals surface area contributed by atoms with E-state index < -0.39 is 13.9 Å². The number of phosphoric ester groups is 1. The minimum atomic E-state index is -4.13. The van der Waals surface area contributed by atoms with E-state index in [1.54, 1.807) is 6.92 Å². The van der Waals surface area contributed by atoms with Crippen molar-refractivity contribution in [1.29, 1.82) is 0 Å². The molecular weight excluding hydrogens is 393 g/mol. The van der Waals surface area contributed by atoms with E-state index in [9.17, 15) is 14.3 Å². The van der Waals surface area contributed by atoms with Crippen molar-refractivity contribution in [3.63, 3.8) is 0 Å². The van der Waals surface area contributed by atoms with Crippen molar-refractivity contribution in [3.05, 3.63) is 0 Å². The fourth-order valence-electron chi connectivity index (χ4n) is 3.01. The second-order valence-electron chi connectivity index (χ2n) is 7.68. The van der Waals surface area contributed by atoms with Gasteiger partial charge in [0.1, 0.15) is 6.10 Å². The van der Waals surface area contributed by atoms with E-state index in [4.69, 9.17) is 15.0 Å². The maximum Gasteiger partial charge on any atom is 0.472 e. The fraction of sp³-hybridized carbons (Fsp3) is 0.952. The van der Waals surface area contributed by atoms with Crippen molar-refractivity contribution in [2.75, 3.05) is 19.8 Å². The number of esters is 1. The van der Waals surface area contributed by atoms with Crippen molar-refractivity contribution >= 4 is 13.8 Å². The zero-order valence-electron chi connectivity index (χ0n) is 18.6. The van der Waals surface area contributed by atoms with Crippen LogP contribution in [0.4, 0.5) is 0 Å². The highest BCUT2D eigenvalue weighted by Gasteiger charge is 2.22. The van der Waals surface area contributed by atoms with Crippen LogP contribution in [-0.4, -0.2) is 36.7 Å². The van der Waals surface area contributed by atoms with Gasteiger partial charge in [0.05, 0.1) is 13.2 Å². The summed E-state index contributed by atoms with van der Waals surface area (Å²) in [7, 11) is -4.13. The normalized spacial score (nSPS) is 14.5. The Hall–Kier alpha value is -0.460. The molecule has 0 aliphatic heterocycles. The van der Waals surface area contributed by atoms with Gasteiger partial charge in [0.15, 0.2) is 0 Å². The molecule has 0 aliphatic carbocycles. The number of ether oxygens (including phenoxy) is 1. The molecule has 0 heterocycles. The molecule has 0 radical (unpaired) electrons. The molecule has 0 rings (SSSR count). The molecule has 0 saturated carbocycles. The van der Waals surface area contributed by atoms with E-state index in [2.05, 4.69) is 11.4 Å². The van der Waals surface area contributed by atoms with Crippen LogP contribution in [0.5, 0.6) is 0 Å². The molecule has 3 N–H and O–H groups in total. The van der Waals surface area contributed by atoms with Gasteiger partial charge in [-0.15, -0.1) is 0 Å². The third-order valence-corrected chi connectivity index (χ3v) is 5.65. The molecule has 174 valence electrons. The van der Waals surface area contributed by atoms with E-state index in [-0.39, 0.29) is 25.7 Å². The van der Waals surface area contributed by atoms with Crippen LogP contribution in [0.2, 0.25) is 0 Å². The van der Waals surface area contributed by atoms with Crippen molar-refractivity contribution < 1.29 is 28.0 Å². The number of hydrogen-bond donors (Lipinski definition) is 2. The average Bonchev–Trinajstić information content (AvgIpc) is 2.68. The maximum atomic E-state index is 11.8. The van der Waals surface area contributed by atoms with Gasteiger partial charge in [0.25, 0.3) is 0 Å². The van der Waals surface area contributed by atoms with Crippen LogP contribution >= 0.6 is 7.82 Å². The Morgan fingerprint density at radius 2 is 1.38 bits per heavy atom. The summed E-state index contributed by atoms with van der Waals surface area (Å²) in [4.78, 5) is 21.2. The van der Waals surface area contributed by atoms with Gasteiger partial charge in [-0.25, -0.2) is 4.57 Å². The number of phosphoric acid groups is 1. The van der Waals surface area contributed by atoms with Crippen LogP contribution in [0, 0.1) is 0 Å². The lowest BCUT2D eigenvalue weighted by molar-refractivity contribution is -0.150. The lowest BCUT2D eigenvalue weighted by Crippen LogP contribution is -2.20. The van der Waals surface area contributed by atoms with Crippen LogP contribution in [0.15, 0.2) is 0 Å². The number of hydrogen-bond acceptors (Lipinski definition) is 6. The lowest BCUT2D eigenvalue weighted by Gasteiger charge is -2.16. The highest BCUT2D eigenvalue weighted by molar-refractivity contribution is 7.47. The van der Waals surface area contributed by atoms with E-state index in [0.29, 0.717) is 6.42 Å². The largest absolute Gasteiger partial charge is 0.472 e. The Bertz CT molecular complexity index is 435. The topological polar surface area (TPSA) is 108 Å². The Morgan fingerprint density at radius 3 is 1.86 bits per heavy atom. The maximum absolute atomic E-state index is 11.8. The number of nitrogens with two attached hydrogens (primary N) is 1. The van der Waals surface area contributed by atoms with Gasteiger partial charge in [-0.05, 0) is 13.3 Å². The first kappa shape index (κ1) is 28.5. The lowest BCUT2D eigenvalue weighted by atomic mass is 10.0. The standard InChI is InChI=1S/C21H44NO6P/c1-3-4-5-6-7-8-9-10-11-12-13-14-15-16-21(23)28-20(2)19-27-29(24,25)26-18-17-22/h20H,3-19,22H2,1-2H3,(H,24,25)/t20-/m1/s1. The molecule has 0 aromatic carbocycles. The molecule has 0 amide bonds. The molecule has 0 spiro atoms. The molecule has 0 aromatic heterocycles. The summed E-state index contributed by atoms with van der Waals surface area (Å²) in [6.45, 7) is 3.73. The third kappa shape index (κ3) is 20.6. The van der Waals surface area contributed by atoms with Crippen molar-refractivity contribution in [1.82, 2.24) is 0 Å². The first-order chi connectivity index (χ1) is 13.9.